The largest absolute Gasteiger partial charge is 0.465 e. The first kappa shape index (κ1) is 15.4. The number of hydrogen-bond acceptors (Lipinski definition) is 3. The third kappa shape index (κ3) is 4.19. The Morgan fingerprint density at radius 1 is 1.00 bits per heavy atom. The summed E-state index contributed by atoms with van der Waals surface area (Å²) in [5.41, 5.74) is 1.15. The van der Waals surface area contributed by atoms with E-state index in [9.17, 15) is 9.59 Å². The summed E-state index contributed by atoms with van der Waals surface area (Å²) in [5, 5.41) is 0. The predicted molar refractivity (Wildman–Crippen MR) is 75.4 cm³/mol. The summed E-state index contributed by atoms with van der Waals surface area (Å²) >= 11 is 0. The molecule has 0 heterocycles. The summed E-state index contributed by atoms with van der Waals surface area (Å²) < 4.78 is 4.64. The second-order valence-corrected chi connectivity index (χ2v) is 4.71. The number of rotatable bonds is 7. The zero-order chi connectivity index (χ0) is 14.3. The van der Waals surface area contributed by atoms with Gasteiger partial charge in [-0.3, -0.25) is 4.79 Å². The maximum Gasteiger partial charge on any atom is 0.337 e. The van der Waals surface area contributed by atoms with Crippen molar-refractivity contribution >= 4 is 11.8 Å². The Hall–Kier alpha value is -1.64. The first-order valence-corrected chi connectivity index (χ1v) is 6.86. The minimum absolute atomic E-state index is 0.0963. The van der Waals surface area contributed by atoms with Crippen LogP contribution in [-0.4, -0.2) is 18.9 Å². The van der Waals surface area contributed by atoms with Gasteiger partial charge in [0.15, 0.2) is 5.78 Å². The molecule has 104 valence electrons. The van der Waals surface area contributed by atoms with E-state index in [0.29, 0.717) is 11.1 Å². The molecule has 0 aliphatic carbocycles. The van der Waals surface area contributed by atoms with Crippen LogP contribution in [-0.2, 0) is 4.74 Å². The fraction of sp³-hybridized carbons (Fsp3) is 0.500. The number of carbonyl (C=O) groups is 2. The Labute approximate surface area is 115 Å². The number of ketones is 1. The molecule has 3 nitrogen and oxygen atoms in total. The standard InChI is InChI=1S/C16H22O3/c1-4-6-12(7-5-2)15(17)13-8-10-14(11-9-13)16(18)19-3/h8-12H,4-7H2,1-3H3. The van der Waals surface area contributed by atoms with Crippen LogP contribution in [0.25, 0.3) is 0 Å². The van der Waals surface area contributed by atoms with Gasteiger partial charge in [0.1, 0.15) is 0 Å². The highest BCUT2D eigenvalue weighted by atomic mass is 16.5. The van der Waals surface area contributed by atoms with Crippen molar-refractivity contribution in [3.63, 3.8) is 0 Å². The first-order chi connectivity index (χ1) is 9.13. The van der Waals surface area contributed by atoms with Crippen molar-refractivity contribution in [1.82, 2.24) is 0 Å². The van der Waals surface area contributed by atoms with E-state index in [1.54, 1.807) is 24.3 Å². The van der Waals surface area contributed by atoms with Crippen molar-refractivity contribution in [3.05, 3.63) is 35.4 Å². The van der Waals surface area contributed by atoms with Crippen LogP contribution < -0.4 is 0 Å². The highest BCUT2D eigenvalue weighted by molar-refractivity contribution is 5.99. The molecule has 0 atom stereocenters. The van der Waals surface area contributed by atoms with Gasteiger partial charge in [-0.1, -0.05) is 38.8 Å². The van der Waals surface area contributed by atoms with E-state index in [-0.39, 0.29) is 17.7 Å². The molecular formula is C16H22O3. The number of esters is 1. The molecule has 0 bridgehead atoms. The molecule has 0 spiro atoms. The van der Waals surface area contributed by atoms with Crippen LogP contribution in [0.1, 0.15) is 60.2 Å². The predicted octanol–water partition coefficient (Wildman–Crippen LogP) is 3.87. The van der Waals surface area contributed by atoms with E-state index in [2.05, 4.69) is 18.6 Å². The molecule has 0 amide bonds. The Morgan fingerprint density at radius 2 is 1.47 bits per heavy atom. The highest BCUT2D eigenvalue weighted by Gasteiger charge is 2.18. The maximum atomic E-state index is 12.4. The van der Waals surface area contributed by atoms with Gasteiger partial charge in [0.25, 0.3) is 0 Å². The fourth-order valence-electron chi connectivity index (χ4n) is 2.23. The average molecular weight is 262 g/mol. The Kier molecular flexibility index (Phi) is 6.26. The number of benzene rings is 1. The van der Waals surface area contributed by atoms with Crippen LogP contribution in [0.2, 0.25) is 0 Å². The Bertz CT molecular complexity index is 414. The third-order valence-corrected chi connectivity index (χ3v) is 3.24. The molecule has 3 heteroatoms. The van der Waals surface area contributed by atoms with Crippen LogP contribution in [0.5, 0.6) is 0 Å². The minimum atomic E-state index is -0.377. The topological polar surface area (TPSA) is 43.4 Å². The molecule has 0 aliphatic rings. The van der Waals surface area contributed by atoms with Crippen molar-refractivity contribution in [2.75, 3.05) is 7.11 Å². The molecule has 0 radical (unpaired) electrons. The van der Waals surface area contributed by atoms with Crippen LogP contribution >= 0.6 is 0 Å². The zero-order valence-electron chi connectivity index (χ0n) is 11.9. The molecular weight excluding hydrogens is 240 g/mol. The van der Waals surface area contributed by atoms with Gasteiger partial charge < -0.3 is 4.74 Å². The normalized spacial score (nSPS) is 10.5. The molecule has 1 rings (SSSR count). The average Bonchev–Trinajstić information content (AvgIpc) is 2.45. The minimum Gasteiger partial charge on any atom is -0.465 e. The molecule has 0 saturated carbocycles. The van der Waals surface area contributed by atoms with E-state index >= 15 is 0 Å². The second-order valence-electron chi connectivity index (χ2n) is 4.71. The summed E-state index contributed by atoms with van der Waals surface area (Å²) in [4.78, 5) is 23.7. The summed E-state index contributed by atoms with van der Waals surface area (Å²) in [6.07, 6.45) is 3.87. The monoisotopic (exact) mass is 262 g/mol. The molecule has 0 aliphatic heterocycles. The second kappa shape index (κ2) is 7.72. The van der Waals surface area contributed by atoms with Gasteiger partial charge in [-0.15, -0.1) is 0 Å². The first-order valence-electron chi connectivity index (χ1n) is 6.86. The SMILES string of the molecule is CCCC(CCC)C(=O)c1ccc(C(=O)OC)cc1. The summed E-state index contributed by atoms with van der Waals surface area (Å²) in [7, 11) is 1.35. The number of carbonyl (C=O) groups excluding carboxylic acids is 2. The summed E-state index contributed by atoms with van der Waals surface area (Å²) in [6.45, 7) is 4.19. The van der Waals surface area contributed by atoms with Crippen molar-refractivity contribution in [2.45, 2.75) is 39.5 Å². The van der Waals surface area contributed by atoms with Crippen molar-refractivity contribution in [1.29, 1.82) is 0 Å². The quantitative estimate of drug-likeness (QED) is 0.553. The third-order valence-electron chi connectivity index (χ3n) is 3.24. The van der Waals surface area contributed by atoms with Crippen LogP contribution in [0.15, 0.2) is 24.3 Å². The van der Waals surface area contributed by atoms with Gasteiger partial charge in [-0.2, -0.15) is 0 Å². The Balaban J connectivity index is 2.83. The van der Waals surface area contributed by atoms with E-state index in [4.69, 9.17) is 0 Å². The molecule has 0 fully saturated rings. The van der Waals surface area contributed by atoms with Crippen molar-refractivity contribution in [2.24, 2.45) is 5.92 Å². The summed E-state index contributed by atoms with van der Waals surface area (Å²) in [6, 6.07) is 6.72. The zero-order valence-corrected chi connectivity index (χ0v) is 11.9. The maximum absolute atomic E-state index is 12.4. The number of Topliss-reactive ketones (excluding diaryl/α,β-unsaturated/α-hetero) is 1. The van der Waals surface area contributed by atoms with E-state index in [1.807, 2.05) is 0 Å². The van der Waals surface area contributed by atoms with Gasteiger partial charge in [-0.05, 0) is 25.0 Å². The molecule has 0 N–H and O–H groups in total. The van der Waals surface area contributed by atoms with Crippen molar-refractivity contribution < 1.29 is 14.3 Å². The number of methoxy groups -OCH3 is 1. The molecule has 0 saturated heterocycles. The molecule has 1 aromatic rings. The van der Waals surface area contributed by atoms with Gasteiger partial charge in [-0.25, -0.2) is 4.79 Å². The molecule has 0 unspecified atom stereocenters. The van der Waals surface area contributed by atoms with Gasteiger partial charge in [0, 0.05) is 11.5 Å². The van der Waals surface area contributed by atoms with Crippen LogP contribution in [0, 0.1) is 5.92 Å². The highest BCUT2D eigenvalue weighted by Crippen LogP contribution is 2.20. The molecule has 19 heavy (non-hydrogen) atoms. The Morgan fingerprint density at radius 3 is 1.89 bits per heavy atom. The van der Waals surface area contributed by atoms with Gasteiger partial charge in [0.05, 0.1) is 12.7 Å². The van der Waals surface area contributed by atoms with E-state index in [0.717, 1.165) is 25.7 Å². The molecule has 0 aromatic heterocycles. The fourth-order valence-corrected chi connectivity index (χ4v) is 2.23. The van der Waals surface area contributed by atoms with E-state index in [1.165, 1.54) is 7.11 Å². The lowest BCUT2D eigenvalue weighted by Gasteiger charge is -2.14. The smallest absolute Gasteiger partial charge is 0.337 e. The van der Waals surface area contributed by atoms with Crippen LogP contribution in [0.4, 0.5) is 0 Å². The number of ether oxygens (including phenoxy) is 1. The summed E-state index contributed by atoms with van der Waals surface area (Å²) in [5.74, 6) is -0.100. The lowest BCUT2D eigenvalue weighted by atomic mass is 9.89. The lowest BCUT2D eigenvalue weighted by Crippen LogP contribution is -2.15. The number of hydrogen-bond donors (Lipinski definition) is 0. The van der Waals surface area contributed by atoms with Gasteiger partial charge in [0.2, 0.25) is 0 Å². The molecule has 1 aromatic carbocycles. The van der Waals surface area contributed by atoms with E-state index < -0.39 is 0 Å². The lowest BCUT2D eigenvalue weighted by molar-refractivity contribution is 0.0600. The van der Waals surface area contributed by atoms with Crippen LogP contribution in [0.3, 0.4) is 0 Å². The van der Waals surface area contributed by atoms with Gasteiger partial charge >= 0.3 is 5.97 Å². The van der Waals surface area contributed by atoms with Crippen molar-refractivity contribution in [3.8, 4) is 0 Å².